The molecule has 0 spiro atoms. The van der Waals surface area contributed by atoms with Crippen molar-refractivity contribution in [3.05, 3.63) is 48.7 Å². The summed E-state index contributed by atoms with van der Waals surface area (Å²) in [5.74, 6) is 2.34. The molecule has 0 N–H and O–H groups in total. The van der Waals surface area contributed by atoms with Crippen LogP contribution in [0.4, 0.5) is 5.82 Å². The van der Waals surface area contributed by atoms with Crippen molar-refractivity contribution >= 4 is 22.4 Å². The van der Waals surface area contributed by atoms with Crippen molar-refractivity contribution in [3.63, 3.8) is 0 Å². The number of fused-ring (bicyclic) bond motifs is 3. The van der Waals surface area contributed by atoms with E-state index in [-0.39, 0.29) is 0 Å². The van der Waals surface area contributed by atoms with E-state index in [1.165, 1.54) is 0 Å². The van der Waals surface area contributed by atoms with Crippen LogP contribution in [0.1, 0.15) is 0 Å². The third kappa shape index (κ3) is 2.76. The van der Waals surface area contributed by atoms with Gasteiger partial charge in [0.2, 0.25) is 0 Å². The summed E-state index contributed by atoms with van der Waals surface area (Å²) in [7, 11) is 1.66. The SMILES string of the molecule is COc1cccc(-c2nc(N3CCOCC3)c3cc4ncccc4n3n2)c1. The van der Waals surface area contributed by atoms with Crippen LogP contribution < -0.4 is 9.64 Å². The van der Waals surface area contributed by atoms with Crippen LogP contribution in [0.3, 0.4) is 0 Å². The lowest BCUT2D eigenvalue weighted by Crippen LogP contribution is -2.37. The largest absolute Gasteiger partial charge is 0.497 e. The lowest BCUT2D eigenvalue weighted by molar-refractivity contribution is 0.122. The molecule has 0 aliphatic carbocycles. The Morgan fingerprint density at radius 2 is 1.93 bits per heavy atom. The maximum atomic E-state index is 5.52. The Hall–Kier alpha value is -3.19. The van der Waals surface area contributed by atoms with Crippen molar-refractivity contribution in [1.82, 2.24) is 19.6 Å². The zero-order chi connectivity index (χ0) is 18.2. The summed E-state index contributed by atoms with van der Waals surface area (Å²) in [5, 5.41) is 4.82. The molecule has 27 heavy (non-hydrogen) atoms. The summed E-state index contributed by atoms with van der Waals surface area (Å²) in [6.07, 6.45) is 1.80. The highest BCUT2D eigenvalue weighted by molar-refractivity contribution is 5.88. The fourth-order valence-corrected chi connectivity index (χ4v) is 3.45. The fourth-order valence-electron chi connectivity index (χ4n) is 3.45. The van der Waals surface area contributed by atoms with Crippen LogP contribution in [0.15, 0.2) is 48.7 Å². The Bertz CT molecular complexity index is 1120. The van der Waals surface area contributed by atoms with Crippen molar-refractivity contribution in [2.24, 2.45) is 0 Å². The van der Waals surface area contributed by atoms with Gasteiger partial charge >= 0.3 is 0 Å². The molecule has 0 amide bonds. The molecule has 0 bridgehead atoms. The number of ether oxygens (including phenoxy) is 2. The topological polar surface area (TPSA) is 64.8 Å². The van der Waals surface area contributed by atoms with Gasteiger partial charge in [0.05, 0.1) is 31.4 Å². The molecule has 0 saturated carbocycles. The Morgan fingerprint density at radius 3 is 2.78 bits per heavy atom. The number of benzene rings is 1. The molecule has 7 nitrogen and oxygen atoms in total. The number of pyridine rings is 1. The number of hydrogen-bond acceptors (Lipinski definition) is 6. The van der Waals surface area contributed by atoms with E-state index in [9.17, 15) is 0 Å². The Kier molecular flexibility index (Phi) is 3.86. The number of nitrogens with zero attached hydrogens (tertiary/aromatic N) is 5. The second-order valence-electron chi connectivity index (χ2n) is 6.44. The Morgan fingerprint density at radius 1 is 1.04 bits per heavy atom. The van der Waals surface area contributed by atoms with E-state index >= 15 is 0 Å². The molecule has 1 aliphatic rings. The van der Waals surface area contributed by atoms with Crippen molar-refractivity contribution in [2.45, 2.75) is 0 Å². The molecule has 136 valence electrons. The number of methoxy groups -OCH3 is 1. The van der Waals surface area contributed by atoms with Crippen molar-refractivity contribution in [2.75, 3.05) is 38.3 Å². The van der Waals surface area contributed by atoms with E-state index < -0.39 is 0 Å². The molecule has 4 heterocycles. The van der Waals surface area contributed by atoms with Crippen LogP contribution in [0, 0.1) is 0 Å². The molecular formula is C20H19N5O2. The Balaban J connectivity index is 1.77. The predicted molar refractivity (Wildman–Crippen MR) is 103 cm³/mol. The van der Waals surface area contributed by atoms with E-state index in [0.29, 0.717) is 19.0 Å². The first-order chi connectivity index (χ1) is 13.3. The zero-order valence-electron chi connectivity index (χ0n) is 15.0. The molecule has 1 saturated heterocycles. The van der Waals surface area contributed by atoms with Crippen LogP contribution in [-0.4, -0.2) is 53.0 Å². The van der Waals surface area contributed by atoms with Gasteiger partial charge in [-0.25, -0.2) is 9.50 Å². The summed E-state index contributed by atoms with van der Waals surface area (Å²) >= 11 is 0. The average Bonchev–Trinajstić information content (AvgIpc) is 3.12. The van der Waals surface area contributed by atoms with Gasteiger partial charge in [0, 0.05) is 24.8 Å². The highest BCUT2D eigenvalue weighted by Crippen LogP contribution is 2.29. The third-order valence-corrected chi connectivity index (χ3v) is 4.82. The molecular weight excluding hydrogens is 342 g/mol. The molecule has 7 heteroatoms. The number of hydrogen-bond donors (Lipinski definition) is 0. The molecule has 4 aromatic rings. The van der Waals surface area contributed by atoms with Gasteiger partial charge < -0.3 is 14.4 Å². The van der Waals surface area contributed by atoms with Crippen LogP contribution in [0.2, 0.25) is 0 Å². The first-order valence-corrected chi connectivity index (χ1v) is 8.95. The quantitative estimate of drug-likeness (QED) is 0.559. The van der Waals surface area contributed by atoms with E-state index in [0.717, 1.165) is 46.8 Å². The predicted octanol–water partition coefficient (Wildman–Crippen LogP) is 2.79. The van der Waals surface area contributed by atoms with Crippen molar-refractivity contribution in [1.29, 1.82) is 0 Å². The minimum atomic E-state index is 0.657. The van der Waals surface area contributed by atoms with Crippen molar-refractivity contribution < 1.29 is 9.47 Å². The van der Waals surface area contributed by atoms with E-state index in [1.807, 2.05) is 40.9 Å². The van der Waals surface area contributed by atoms with Crippen LogP contribution in [0.5, 0.6) is 5.75 Å². The summed E-state index contributed by atoms with van der Waals surface area (Å²) in [6, 6.07) is 13.8. The van der Waals surface area contributed by atoms with Gasteiger partial charge in [-0.1, -0.05) is 12.1 Å². The zero-order valence-corrected chi connectivity index (χ0v) is 15.0. The molecule has 0 unspecified atom stereocenters. The maximum absolute atomic E-state index is 5.52. The molecule has 1 fully saturated rings. The smallest absolute Gasteiger partial charge is 0.182 e. The minimum absolute atomic E-state index is 0.657. The average molecular weight is 361 g/mol. The highest BCUT2D eigenvalue weighted by Gasteiger charge is 2.20. The number of rotatable bonds is 3. The van der Waals surface area contributed by atoms with Gasteiger partial charge in [-0.15, -0.1) is 5.10 Å². The second kappa shape index (κ2) is 6.51. The lowest BCUT2D eigenvalue weighted by atomic mass is 10.2. The molecule has 5 rings (SSSR count). The first kappa shape index (κ1) is 16.0. The second-order valence-corrected chi connectivity index (χ2v) is 6.44. The Labute approximate surface area is 156 Å². The summed E-state index contributed by atoms with van der Waals surface area (Å²) in [6.45, 7) is 3.00. The number of anilines is 1. The fraction of sp³-hybridized carbons (Fsp3) is 0.250. The van der Waals surface area contributed by atoms with E-state index in [2.05, 4.69) is 16.0 Å². The number of morpholine rings is 1. The maximum Gasteiger partial charge on any atom is 0.182 e. The number of aromatic nitrogens is 4. The van der Waals surface area contributed by atoms with E-state index in [4.69, 9.17) is 19.6 Å². The summed E-state index contributed by atoms with van der Waals surface area (Å²) in [5.41, 5.74) is 3.74. The monoisotopic (exact) mass is 361 g/mol. The van der Waals surface area contributed by atoms with Gasteiger partial charge in [0.15, 0.2) is 11.6 Å². The standard InChI is InChI=1S/C20H19N5O2/c1-26-15-5-2-4-14(12-15)19-22-20(24-8-10-27-11-9-24)18-13-16-17(25(18)23-19)6-3-7-21-16/h2-7,12-13H,8-11H2,1H3. The van der Waals surface area contributed by atoms with Gasteiger partial charge in [-0.3, -0.25) is 4.98 Å². The molecule has 3 aromatic heterocycles. The first-order valence-electron chi connectivity index (χ1n) is 8.95. The molecule has 0 atom stereocenters. The van der Waals surface area contributed by atoms with Gasteiger partial charge in [0.25, 0.3) is 0 Å². The minimum Gasteiger partial charge on any atom is -0.497 e. The van der Waals surface area contributed by atoms with Gasteiger partial charge in [0.1, 0.15) is 11.3 Å². The molecule has 1 aromatic carbocycles. The van der Waals surface area contributed by atoms with Crippen molar-refractivity contribution in [3.8, 4) is 17.1 Å². The molecule has 1 aliphatic heterocycles. The van der Waals surface area contributed by atoms with Crippen LogP contribution >= 0.6 is 0 Å². The van der Waals surface area contributed by atoms with Gasteiger partial charge in [-0.05, 0) is 30.3 Å². The summed E-state index contributed by atoms with van der Waals surface area (Å²) in [4.78, 5) is 11.7. The summed E-state index contributed by atoms with van der Waals surface area (Å²) < 4.78 is 12.8. The third-order valence-electron chi connectivity index (χ3n) is 4.82. The molecule has 0 radical (unpaired) electrons. The highest BCUT2D eigenvalue weighted by atomic mass is 16.5. The normalized spacial score (nSPS) is 14.8. The lowest BCUT2D eigenvalue weighted by Gasteiger charge is -2.28. The van der Waals surface area contributed by atoms with Crippen LogP contribution in [-0.2, 0) is 4.74 Å². The van der Waals surface area contributed by atoms with Gasteiger partial charge in [-0.2, -0.15) is 0 Å². The van der Waals surface area contributed by atoms with Crippen LogP contribution in [0.25, 0.3) is 27.9 Å². The van der Waals surface area contributed by atoms with E-state index in [1.54, 1.807) is 13.3 Å².